The fraction of sp³-hybridized carbons (Fsp3) is 0.462. The third-order valence-electron chi connectivity index (χ3n) is 2.98. The molecule has 1 aromatic rings. The molecule has 0 aromatic heterocycles. The number of fused-ring (bicyclic) bond motifs is 1. The Morgan fingerprint density at radius 1 is 1.50 bits per heavy atom. The van der Waals surface area contributed by atoms with Crippen LogP contribution in [0.3, 0.4) is 0 Å². The number of hydrogen-bond acceptors (Lipinski definition) is 3. The van der Waals surface area contributed by atoms with Gasteiger partial charge in [0, 0.05) is 19.0 Å². The van der Waals surface area contributed by atoms with E-state index in [0.29, 0.717) is 19.0 Å². The van der Waals surface area contributed by atoms with Gasteiger partial charge in [0.1, 0.15) is 5.75 Å². The summed E-state index contributed by atoms with van der Waals surface area (Å²) >= 11 is 5.70. The van der Waals surface area contributed by atoms with Crippen molar-refractivity contribution in [3.05, 3.63) is 23.8 Å². The highest BCUT2D eigenvalue weighted by atomic mass is 35.5. The van der Waals surface area contributed by atoms with Gasteiger partial charge in [-0.05, 0) is 31.0 Å². The van der Waals surface area contributed by atoms with E-state index in [2.05, 4.69) is 0 Å². The standard InChI is InChI=1S/C13H17ClN2O2/c1-9-13(17)16(6-2-5-14)11-7-10(8-15)3-4-12(11)18-9/h3-4,7,9H,2,5-6,8,15H2,1H3. The molecule has 0 saturated heterocycles. The van der Waals surface area contributed by atoms with E-state index in [-0.39, 0.29) is 5.91 Å². The van der Waals surface area contributed by atoms with Crippen LogP contribution >= 0.6 is 11.6 Å². The lowest BCUT2D eigenvalue weighted by molar-refractivity contribution is -0.125. The molecule has 18 heavy (non-hydrogen) atoms. The second-order valence-electron chi connectivity index (χ2n) is 4.30. The smallest absolute Gasteiger partial charge is 0.267 e. The predicted octanol–water partition coefficient (Wildman–Crippen LogP) is 1.89. The summed E-state index contributed by atoms with van der Waals surface area (Å²) in [7, 11) is 0. The fourth-order valence-electron chi connectivity index (χ4n) is 2.03. The Hall–Kier alpha value is -1.26. The molecule has 4 nitrogen and oxygen atoms in total. The summed E-state index contributed by atoms with van der Waals surface area (Å²) in [6, 6.07) is 5.70. The molecule has 0 aliphatic carbocycles. The molecule has 0 spiro atoms. The summed E-state index contributed by atoms with van der Waals surface area (Å²) in [4.78, 5) is 13.9. The maximum Gasteiger partial charge on any atom is 0.267 e. The molecule has 0 radical (unpaired) electrons. The van der Waals surface area contributed by atoms with Crippen LogP contribution in [0.2, 0.25) is 0 Å². The minimum Gasteiger partial charge on any atom is -0.479 e. The van der Waals surface area contributed by atoms with Crippen molar-refractivity contribution in [1.29, 1.82) is 0 Å². The first-order chi connectivity index (χ1) is 8.67. The van der Waals surface area contributed by atoms with Crippen LogP contribution < -0.4 is 15.4 Å². The van der Waals surface area contributed by atoms with Gasteiger partial charge in [-0.2, -0.15) is 0 Å². The zero-order valence-electron chi connectivity index (χ0n) is 10.4. The molecule has 0 fully saturated rings. The Balaban J connectivity index is 2.36. The zero-order valence-corrected chi connectivity index (χ0v) is 11.1. The quantitative estimate of drug-likeness (QED) is 0.849. The van der Waals surface area contributed by atoms with E-state index in [1.165, 1.54) is 0 Å². The number of benzene rings is 1. The van der Waals surface area contributed by atoms with E-state index in [1.807, 2.05) is 18.2 Å². The van der Waals surface area contributed by atoms with Crippen molar-refractivity contribution in [2.24, 2.45) is 5.73 Å². The molecule has 1 heterocycles. The van der Waals surface area contributed by atoms with E-state index in [1.54, 1.807) is 11.8 Å². The second-order valence-corrected chi connectivity index (χ2v) is 4.68. The van der Waals surface area contributed by atoms with Gasteiger partial charge in [0.25, 0.3) is 5.91 Å². The van der Waals surface area contributed by atoms with Gasteiger partial charge in [-0.1, -0.05) is 6.07 Å². The summed E-state index contributed by atoms with van der Waals surface area (Å²) in [6.07, 6.45) is 0.309. The van der Waals surface area contributed by atoms with Crippen molar-refractivity contribution >= 4 is 23.2 Å². The summed E-state index contributed by atoms with van der Waals surface area (Å²) in [6.45, 7) is 2.81. The minimum absolute atomic E-state index is 0.0261. The van der Waals surface area contributed by atoms with Gasteiger partial charge >= 0.3 is 0 Å². The third-order valence-corrected chi connectivity index (χ3v) is 3.25. The van der Waals surface area contributed by atoms with Crippen LogP contribution in [0.25, 0.3) is 0 Å². The number of nitrogens with two attached hydrogens (primary N) is 1. The highest BCUT2D eigenvalue weighted by molar-refractivity contribution is 6.17. The van der Waals surface area contributed by atoms with Gasteiger partial charge in [-0.15, -0.1) is 11.6 Å². The molecule has 1 aliphatic rings. The third kappa shape index (κ3) is 2.44. The van der Waals surface area contributed by atoms with E-state index >= 15 is 0 Å². The number of ether oxygens (including phenoxy) is 1. The minimum atomic E-state index is -0.448. The lowest BCUT2D eigenvalue weighted by atomic mass is 10.1. The largest absolute Gasteiger partial charge is 0.479 e. The summed E-state index contributed by atoms with van der Waals surface area (Å²) in [5, 5.41) is 0. The van der Waals surface area contributed by atoms with Crippen LogP contribution in [0.4, 0.5) is 5.69 Å². The van der Waals surface area contributed by atoms with Crippen molar-refractivity contribution in [2.75, 3.05) is 17.3 Å². The number of anilines is 1. The van der Waals surface area contributed by atoms with Crippen molar-refractivity contribution in [2.45, 2.75) is 26.0 Å². The number of rotatable bonds is 4. The van der Waals surface area contributed by atoms with Gasteiger partial charge in [0.15, 0.2) is 6.10 Å². The van der Waals surface area contributed by atoms with Crippen molar-refractivity contribution in [3.8, 4) is 5.75 Å². The fourth-order valence-corrected chi connectivity index (χ4v) is 2.15. The van der Waals surface area contributed by atoms with Crippen LogP contribution in [0.15, 0.2) is 18.2 Å². The van der Waals surface area contributed by atoms with Crippen molar-refractivity contribution in [1.82, 2.24) is 0 Å². The molecule has 0 bridgehead atoms. The van der Waals surface area contributed by atoms with E-state index in [9.17, 15) is 4.79 Å². The molecule has 0 saturated carbocycles. The van der Waals surface area contributed by atoms with Crippen LogP contribution in [-0.4, -0.2) is 24.4 Å². The van der Waals surface area contributed by atoms with Crippen molar-refractivity contribution < 1.29 is 9.53 Å². The number of hydrogen-bond donors (Lipinski definition) is 1. The normalized spacial score (nSPS) is 18.5. The predicted molar refractivity (Wildman–Crippen MR) is 72.1 cm³/mol. The van der Waals surface area contributed by atoms with Gasteiger partial charge in [-0.25, -0.2) is 0 Å². The SMILES string of the molecule is CC1Oc2ccc(CN)cc2N(CCCCl)C1=O. The first-order valence-corrected chi connectivity index (χ1v) is 6.58. The van der Waals surface area contributed by atoms with Crippen LogP contribution in [0.5, 0.6) is 5.75 Å². The van der Waals surface area contributed by atoms with Crippen LogP contribution in [-0.2, 0) is 11.3 Å². The Morgan fingerprint density at radius 3 is 2.94 bits per heavy atom. The molecule has 1 aliphatic heterocycles. The molecule has 1 aromatic carbocycles. The molecule has 5 heteroatoms. The highest BCUT2D eigenvalue weighted by Gasteiger charge is 2.31. The molecule has 1 atom stereocenters. The van der Waals surface area contributed by atoms with Gasteiger partial charge in [0.2, 0.25) is 0 Å². The maximum absolute atomic E-state index is 12.1. The molecule has 2 N–H and O–H groups in total. The van der Waals surface area contributed by atoms with E-state index in [4.69, 9.17) is 22.1 Å². The van der Waals surface area contributed by atoms with Crippen molar-refractivity contribution in [3.63, 3.8) is 0 Å². The second kappa shape index (κ2) is 5.59. The first-order valence-electron chi connectivity index (χ1n) is 6.04. The highest BCUT2D eigenvalue weighted by Crippen LogP contribution is 2.34. The van der Waals surface area contributed by atoms with Gasteiger partial charge < -0.3 is 15.4 Å². The monoisotopic (exact) mass is 268 g/mol. The van der Waals surface area contributed by atoms with Crippen LogP contribution in [0.1, 0.15) is 18.9 Å². The Kier molecular flexibility index (Phi) is 4.09. The molecule has 1 unspecified atom stereocenters. The lowest BCUT2D eigenvalue weighted by Crippen LogP contribution is -2.45. The number of amides is 1. The number of carbonyl (C=O) groups excluding carboxylic acids is 1. The average molecular weight is 269 g/mol. The Bertz CT molecular complexity index is 451. The Morgan fingerprint density at radius 2 is 2.28 bits per heavy atom. The number of carbonyl (C=O) groups is 1. The number of halogens is 1. The first kappa shape index (κ1) is 13.2. The average Bonchev–Trinajstić information content (AvgIpc) is 2.39. The van der Waals surface area contributed by atoms with Crippen LogP contribution in [0, 0.1) is 0 Å². The zero-order chi connectivity index (χ0) is 13.1. The van der Waals surface area contributed by atoms with E-state index < -0.39 is 6.10 Å². The van der Waals surface area contributed by atoms with E-state index in [0.717, 1.165) is 23.4 Å². The summed E-state index contributed by atoms with van der Waals surface area (Å²) in [5.41, 5.74) is 7.40. The summed E-state index contributed by atoms with van der Waals surface area (Å²) < 4.78 is 5.59. The number of alkyl halides is 1. The molecule has 98 valence electrons. The summed E-state index contributed by atoms with van der Waals surface area (Å²) in [5.74, 6) is 1.24. The van der Waals surface area contributed by atoms with Gasteiger partial charge in [-0.3, -0.25) is 4.79 Å². The van der Waals surface area contributed by atoms with Gasteiger partial charge in [0.05, 0.1) is 5.69 Å². The molecular weight excluding hydrogens is 252 g/mol. The number of nitrogens with zero attached hydrogens (tertiary/aromatic N) is 1. The molecule has 1 amide bonds. The lowest BCUT2D eigenvalue weighted by Gasteiger charge is -2.33. The molecular formula is C13H17ClN2O2. The molecule has 2 rings (SSSR count). The maximum atomic E-state index is 12.1. The Labute approximate surface area is 112 Å². The topological polar surface area (TPSA) is 55.6 Å².